The minimum Gasteiger partial charge on any atom is -0.481 e. The number of hydrogen-bond acceptors (Lipinski definition) is 3. The Bertz CT molecular complexity index is 515. The van der Waals surface area contributed by atoms with Gasteiger partial charge in [0, 0.05) is 17.1 Å². The Morgan fingerprint density at radius 2 is 2.15 bits per heavy atom. The number of rotatable bonds is 5. The molecule has 0 aromatic heterocycles. The van der Waals surface area contributed by atoms with E-state index in [1.54, 1.807) is 17.8 Å². The lowest BCUT2D eigenvalue weighted by molar-refractivity contribution is -0.153. The molecule has 0 saturated heterocycles. The molecule has 1 fully saturated rings. The lowest BCUT2D eigenvalue weighted by Crippen LogP contribution is -2.48. The number of aliphatic carboxylic acids is 1. The van der Waals surface area contributed by atoms with E-state index in [9.17, 15) is 14.7 Å². The van der Waals surface area contributed by atoms with Crippen LogP contribution < -0.4 is 10.6 Å². The van der Waals surface area contributed by atoms with Crippen molar-refractivity contribution < 1.29 is 14.7 Å². The number of hydrogen-bond donors (Lipinski definition) is 3. The van der Waals surface area contributed by atoms with Gasteiger partial charge in [-0.05, 0) is 37.3 Å². The number of amides is 2. The first-order valence-electron chi connectivity index (χ1n) is 6.48. The van der Waals surface area contributed by atoms with Crippen LogP contribution in [0, 0.1) is 5.41 Å². The van der Waals surface area contributed by atoms with Crippen molar-refractivity contribution in [2.75, 3.05) is 18.1 Å². The molecule has 108 valence electrons. The summed E-state index contributed by atoms with van der Waals surface area (Å²) in [6.07, 6.45) is 4.13. The zero-order valence-corrected chi connectivity index (χ0v) is 12.1. The third-order valence-corrected chi connectivity index (χ3v) is 4.40. The van der Waals surface area contributed by atoms with Gasteiger partial charge in [-0.2, -0.15) is 0 Å². The van der Waals surface area contributed by atoms with Gasteiger partial charge in [0.15, 0.2) is 0 Å². The number of benzene rings is 1. The van der Waals surface area contributed by atoms with Crippen LogP contribution in [0.2, 0.25) is 0 Å². The van der Waals surface area contributed by atoms with Crippen LogP contribution in [0.4, 0.5) is 10.5 Å². The Labute approximate surface area is 122 Å². The van der Waals surface area contributed by atoms with E-state index in [1.807, 2.05) is 24.5 Å². The summed E-state index contributed by atoms with van der Waals surface area (Å²) in [7, 11) is 0. The molecule has 20 heavy (non-hydrogen) atoms. The van der Waals surface area contributed by atoms with Crippen LogP contribution in [0.1, 0.15) is 19.3 Å². The molecule has 2 rings (SSSR count). The number of carbonyl (C=O) groups excluding carboxylic acids is 1. The number of carbonyl (C=O) groups is 2. The van der Waals surface area contributed by atoms with Crippen molar-refractivity contribution in [3.8, 4) is 0 Å². The average Bonchev–Trinajstić information content (AvgIpc) is 2.37. The minimum atomic E-state index is -0.826. The summed E-state index contributed by atoms with van der Waals surface area (Å²) in [6.45, 7) is 0.177. The molecule has 1 aliphatic carbocycles. The van der Waals surface area contributed by atoms with Crippen LogP contribution in [-0.4, -0.2) is 29.9 Å². The molecule has 1 aromatic carbocycles. The summed E-state index contributed by atoms with van der Waals surface area (Å²) in [4.78, 5) is 24.0. The molecule has 1 saturated carbocycles. The van der Waals surface area contributed by atoms with Gasteiger partial charge in [0.2, 0.25) is 0 Å². The minimum absolute atomic E-state index is 0.177. The molecule has 3 N–H and O–H groups in total. The number of anilines is 1. The predicted octanol–water partition coefficient (Wildman–Crippen LogP) is 2.78. The highest BCUT2D eigenvalue weighted by Crippen LogP contribution is 2.40. The molecular weight excluding hydrogens is 276 g/mol. The highest BCUT2D eigenvalue weighted by atomic mass is 32.2. The van der Waals surface area contributed by atoms with Gasteiger partial charge in [-0.25, -0.2) is 4.79 Å². The van der Waals surface area contributed by atoms with E-state index in [0.29, 0.717) is 18.5 Å². The quantitative estimate of drug-likeness (QED) is 0.730. The van der Waals surface area contributed by atoms with Crippen molar-refractivity contribution in [1.82, 2.24) is 5.32 Å². The second-order valence-corrected chi connectivity index (χ2v) is 5.86. The fourth-order valence-electron chi connectivity index (χ4n) is 2.20. The molecule has 2 amide bonds. The zero-order valence-electron chi connectivity index (χ0n) is 11.3. The van der Waals surface area contributed by atoms with Crippen molar-refractivity contribution >= 4 is 29.4 Å². The molecule has 0 atom stereocenters. The largest absolute Gasteiger partial charge is 0.481 e. The molecule has 1 aliphatic rings. The van der Waals surface area contributed by atoms with Crippen LogP contribution in [0.15, 0.2) is 29.2 Å². The Morgan fingerprint density at radius 3 is 2.70 bits per heavy atom. The monoisotopic (exact) mass is 294 g/mol. The first-order valence-corrected chi connectivity index (χ1v) is 7.70. The number of thioether (sulfide) groups is 1. The summed E-state index contributed by atoms with van der Waals surface area (Å²) in [5, 5.41) is 14.6. The highest BCUT2D eigenvalue weighted by molar-refractivity contribution is 7.98. The third-order valence-electron chi connectivity index (χ3n) is 3.68. The molecule has 5 nitrogen and oxygen atoms in total. The second kappa shape index (κ2) is 6.17. The smallest absolute Gasteiger partial charge is 0.319 e. The van der Waals surface area contributed by atoms with Gasteiger partial charge in [0.05, 0.1) is 5.41 Å². The summed E-state index contributed by atoms with van der Waals surface area (Å²) >= 11 is 1.59. The van der Waals surface area contributed by atoms with Gasteiger partial charge >= 0.3 is 12.0 Å². The number of carboxylic acids is 1. The van der Waals surface area contributed by atoms with E-state index in [4.69, 9.17) is 0 Å². The number of urea groups is 1. The summed E-state index contributed by atoms with van der Waals surface area (Å²) in [6, 6.07) is 7.14. The molecular formula is C14H18N2O3S. The van der Waals surface area contributed by atoms with Gasteiger partial charge in [0.1, 0.15) is 0 Å². The van der Waals surface area contributed by atoms with Crippen molar-refractivity contribution in [2.24, 2.45) is 5.41 Å². The van der Waals surface area contributed by atoms with E-state index in [1.165, 1.54) is 0 Å². The SMILES string of the molecule is CSc1cccc(NC(=O)NCC2(C(=O)O)CCC2)c1. The molecule has 0 radical (unpaired) electrons. The Kier molecular flexibility index (Phi) is 4.54. The average molecular weight is 294 g/mol. The van der Waals surface area contributed by atoms with E-state index in [2.05, 4.69) is 10.6 Å². The van der Waals surface area contributed by atoms with Gasteiger partial charge in [-0.15, -0.1) is 11.8 Å². The summed E-state index contributed by atoms with van der Waals surface area (Å²) < 4.78 is 0. The lowest BCUT2D eigenvalue weighted by Gasteiger charge is -2.37. The van der Waals surface area contributed by atoms with Crippen LogP contribution >= 0.6 is 11.8 Å². The first-order chi connectivity index (χ1) is 9.55. The maximum Gasteiger partial charge on any atom is 0.319 e. The topological polar surface area (TPSA) is 78.4 Å². The van der Waals surface area contributed by atoms with Crippen molar-refractivity contribution in [2.45, 2.75) is 24.2 Å². The standard InChI is InChI=1S/C14H18N2O3S/c1-20-11-5-2-4-10(8-11)16-13(19)15-9-14(12(17)18)6-3-7-14/h2,4-5,8H,3,6-7,9H2,1H3,(H,17,18)(H2,15,16,19). The summed E-state index contributed by atoms with van der Waals surface area (Å²) in [5.74, 6) is -0.826. The highest BCUT2D eigenvalue weighted by Gasteiger charge is 2.44. The van der Waals surface area contributed by atoms with Crippen LogP contribution in [-0.2, 0) is 4.79 Å². The predicted molar refractivity (Wildman–Crippen MR) is 79.2 cm³/mol. The van der Waals surface area contributed by atoms with E-state index in [-0.39, 0.29) is 12.6 Å². The van der Waals surface area contributed by atoms with Crippen molar-refractivity contribution in [1.29, 1.82) is 0 Å². The Morgan fingerprint density at radius 1 is 1.40 bits per heavy atom. The molecule has 1 aromatic rings. The maximum absolute atomic E-state index is 11.8. The fourth-order valence-corrected chi connectivity index (χ4v) is 2.65. The fraction of sp³-hybridized carbons (Fsp3) is 0.429. The molecule has 0 spiro atoms. The number of nitrogens with one attached hydrogen (secondary N) is 2. The first kappa shape index (κ1) is 14.7. The van der Waals surface area contributed by atoms with E-state index in [0.717, 1.165) is 11.3 Å². The lowest BCUT2D eigenvalue weighted by atomic mass is 9.69. The Balaban J connectivity index is 1.87. The molecule has 0 unspecified atom stereocenters. The van der Waals surface area contributed by atoms with Gasteiger partial charge in [-0.1, -0.05) is 12.5 Å². The van der Waals surface area contributed by atoms with Gasteiger partial charge in [0.25, 0.3) is 0 Å². The molecule has 0 bridgehead atoms. The third kappa shape index (κ3) is 3.25. The normalized spacial score (nSPS) is 16.1. The van der Waals surface area contributed by atoms with Crippen LogP contribution in [0.5, 0.6) is 0 Å². The van der Waals surface area contributed by atoms with Gasteiger partial charge in [-0.3, -0.25) is 4.79 Å². The van der Waals surface area contributed by atoms with Crippen molar-refractivity contribution in [3.05, 3.63) is 24.3 Å². The van der Waals surface area contributed by atoms with Crippen LogP contribution in [0.25, 0.3) is 0 Å². The summed E-state index contributed by atoms with van der Waals surface area (Å²) in [5.41, 5.74) is -0.0642. The zero-order chi connectivity index (χ0) is 14.6. The Hall–Kier alpha value is -1.69. The number of carboxylic acid groups (broad SMARTS) is 1. The van der Waals surface area contributed by atoms with Gasteiger partial charge < -0.3 is 15.7 Å². The maximum atomic E-state index is 11.8. The molecule has 0 heterocycles. The molecule has 0 aliphatic heterocycles. The molecule has 6 heteroatoms. The van der Waals surface area contributed by atoms with E-state index < -0.39 is 11.4 Å². The van der Waals surface area contributed by atoms with Crippen molar-refractivity contribution in [3.63, 3.8) is 0 Å². The van der Waals surface area contributed by atoms with E-state index >= 15 is 0 Å². The van der Waals surface area contributed by atoms with Crippen LogP contribution in [0.3, 0.4) is 0 Å². The second-order valence-electron chi connectivity index (χ2n) is 4.98.